The highest BCUT2D eigenvalue weighted by Crippen LogP contribution is 2.25. The summed E-state index contributed by atoms with van der Waals surface area (Å²) < 4.78 is 0. The molecule has 2 N–H and O–H groups in total. The van der Waals surface area contributed by atoms with Crippen LogP contribution in [0.25, 0.3) is 0 Å². The van der Waals surface area contributed by atoms with Gasteiger partial charge < -0.3 is 10.2 Å². The number of phenols is 2. The number of nitrogens with zero attached hydrogens (tertiary/aromatic N) is 1. The van der Waals surface area contributed by atoms with E-state index >= 15 is 0 Å². The van der Waals surface area contributed by atoms with Crippen LogP contribution in [0, 0.1) is 4.91 Å². The standard InChI is InChI=1S/C6H5NO3.C2H6/c8-5-1-4(7-10)2-6(9)3-5;1-2/h1-3,8-9H;1-2H3. The Morgan fingerprint density at radius 2 is 1.50 bits per heavy atom. The van der Waals surface area contributed by atoms with Crippen LogP contribution in [-0.4, -0.2) is 10.2 Å². The van der Waals surface area contributed by atoms with Gasteiger partial charge in [-0.3, -0.25) is 0 Å². The maximum Gasteiger partial charge on any atom is 0.121 e. The number of hydrogen-bond donors (Lipinski definition) is 2. The molecule has 0 fully saturated rings. The second kappa shape index (κ2) is 5.12. The predicted octanol–water partition coefficient (Wildman–Crippen LogP) is 2.52. The molecule has 0 heterocycles. The molecular formula is C8H11NO3. The lowest BCUT2D eigenvalue weighted by atomic mass is 10.3. The van der Waals surface area contributed by atoms with Gasteiger partial charge in [0.25, 0.3) is 0 Å². The van der Waals surface area contributed by atoms with E-state index < -0.39 is 0 Å². The second-order valence-corrected chi connectivity index (χ2v) is 1.80. The molecule has 1 aromatic rings. The number of phenolic OH excluding ortho intramolecular Hbond substituents is 2. The fourth-order valence-electron chi connectivity index (χ4n) is 0.632. The van der Waals surface area contributed by atoms with Gasteiger partial charge in [0.05, 0.1) is 0 Å². The predicted molar refractivity (Wildman–Crippen MR) is 46.6 cm³/mol. The van der Waals surface area contributed by atoms with Crippen LogP contribution in [0.3, 0.4) is 0 Å². The van der Waals surface area contributed by atoms with Crippen LogP contribution in [0.15, 0.2) is 23.4 Å². The van der Waals surface area contributed by atoms with E-state index in [1.165, 1.54) is 0 Å². The van der Waals surface area contributed by atoms with Crippen LogP contribution in [-0.2, 0) is 0 Å². The van der Waals surface area contributed by atoms with E-state index in [0.717, 1.165) is 18.2 Å². The van der Waals surface area contributed by atoms with Crippen molar-refractivity contribution in [2.75, 3.05) is 0 Å². The first-order chi connectivity index (χ1) is 5.72. The van der Waals surface area contributed by atoms with Crippen LogP contribution in [0.4, 0.5) is 5.69 Å². The Morgan fingerprint density at radius 3 is 1.83 bits per heavy atom. The molecule has 4 heteroatoms. The van der Waals surface area contributed by atoms with Crippen LogP contribution < -0.4 is 0 Å². The average Bonchev–Trinajstić information content (AvgIpc) is 2.06. The lowest BCUT2D eigenvalue weighted by molar-refractivity contribution is 0.451. The SMILES string of the molecule is CC.O=Nc1cc(O)cc(O)c1. The van der Waals surface area contributed by atoms with E-state index in [9.17, 15) is 4.91 Å². The van der Waals surface area contributed by atoms with Crippen molar-refractivity contribution in [3.8, 4) is 11.5 Å². The summed E-state index contributed by atoms with van der Waals surface area (Å²) in [5.41, 5.74) is 0.0116. The summed E-state index contributed by atoms with van der Waals surface area (Å²) in [6.07, 6.45) is 0. The molecule has 0 bridgehead atoms. The summed E-state index contributed by atoms with van der Waals surface area (Å²) in [5.74, 6) is -0.343. The molecule has 0 aliphatic carbocycles. The number of nitroso groups, excluding NO2 is 1. The molecule has 12 heavy (non-hydrogen) atoms. The molecule has 4 nitrogen and oxygen atoms in total. The minimum Gasteiger partial charge on any atom is -0.508 e. The van der Waals surface area contributed by atoms with Crippen molar-refractivity contribution in [3.63, 3.8) is 0 Å². The molecule has 0 saturated carbocycles. The normalized spacial score (nSPS) is 8.17. The summed E-state index contributed by atoms with van der Waals surface area (Å²) in [4.78, 5) is 9.84. The average molecular weight is 169 g/mol. The molecule has 66 valence electrons. The molecule has 0 radical (unpaired) electrons. The van der Waals surface area contributed by atoms with Crippen molar-refractivity contribution in [2.24, 2.45) is 5.18 Å². The molecule has 0 aliphatic rings. The maximum atomic E-state index is 9.84. The van der Waals surface area contributed by atoms with E-state index in [2.05, 4.69) is 5.18 Å². The van der Waals surface area contributed by atoms with Gasteiger partial charge in [-0.1, -0.05) is 13.8 Å². The molecule has 0 amide bonds. The monoisotopic (exact) mass is 169 g/mol. The van der Waals surface area contributed by atoms with Gasteiger partial charge in [0.15, 0.2) is 0 Å². The van der Waals surface area contributed by atoms with Crippen LogP contribution >= 0.6 is 0 Å². The van der Waals surface area contributed by atoms with E-state index in [4.69, 9.17) is 10.2 Å². The van der Waals surface area contributed by atoms with Gasteiger partial charge in [-0.25, -0.2) is 0 Å². The largest absolute Gasteiger partial charge is 0.508 e. The van der Waals surface area contributed by atoms with Gasteiger partial charge in [-0.2, -0.15) is 0 Å². The Bertz CT molecular complexity index is 240. The van der Waals surface area contributed by atoms with Gasteiger partial charge in [-0.15, -0.1) is 4.91 Å². The summed E-state index contributed by atoms with van der Waals surface area (Å²) >= 11 is 0. The number of rotatable bonds is 1. The van der Waals surface area contributed by atoms with Gasteiger partial charge in [0.1, 0.15) is 17.2 Å². The van der Waals surface area contributed by atoms with Gasteiger partial charge >= 0.3 is 0 Å². The van der Waals surface area contributed by atoms with Crippen molar-refractivity contribution < 1.29 is 10.2 Å². The Hall–Kier alpha value is -1.58. The highest BCUT2D eigenvalue weighted by molar-refractivity contribution is 5.48. The zero-order chi connectivity index (χ0) is 9.56. The molecule has 0 unspecified atom stereocenters. The maximum absolute atomic E-state index is 9.84. The fraction of sp³-hybridized carbons (Fsp3) is 0.250. The molecule has 0 aliphatic heterocycles. The Kier molecular flexibility index (Phi) is 4.45. The van der Waals surface area contributed by atoms with Gasteiger partial charge in [0, 0.05) is 18.2 Å². The first-order valence-corrected chi connectivity index (χ1v) is 3.59. The van der Waals surface area contributed by atoms with Crippen LogP contribution in [0.5, 0.6) is 11.5 Å². The first kappa shape index (κ1) is 10.4. The van der Waals surface area contributed by atoms with Crippen molar-refractivity contribution in [1.29, 1.82) is 0 Å². The summed E-state index contributed by atoms with van der Waals surface area (Å²) in [6.45, 7) is 4.00. The molecule has 0 spiro atoms. The minimum absolute atomic E-state index is 0.0116. The Balaban J connectivity index is 0.000000561. The fourth-order valence-corrected chi connectivity index (χ4v) is 0.632. The summed E-state index contributed by atoms with van der Waals surface area (Å²) in [5, 5.41) is 20.1. The molecule has 0 aromatic heterocycles. The molecule has 1 rings (SSSR count). The van der Waals surface area contributed by atoms with Crippen molar-refractivity contribution in [3.05, 3.63) is 23.1 Å². The third-order valence-electron chi connectivity index (χ3n) is 0.993. The molecule has 0 saturated heterocycles. The van der Waals surface area contributed by atoms with Crippen LogP contribution in [0.2, 0.25) is 0 Å². The van der Waals surface area contributed by atoms with E-state index in [0.29, 0.717) is 0 Å². The Morgan fingerprint density at radius 1 is 1.08 bits per heavy atom. The number of benzene rings is 1. The summed E-state index contributed by atoms with van der Waals surface area (Å²) in [7, 11) is 0. The smallest absolute Gasteiger partial charge is 0.121 e. The number of aromatic hydroxyl groups is 2. The number of hydrogen-bond acceptors (Lipinski definition) is 4. The third-order valence-corrected chi connectivity index (χ3v) is 0.993. The zero-order valence-electron chi connectivity index (χ0n) is 6.98. The van der Waals surface area contributed by atoms with Crippen LogP contribution in [0.1, 0.15) is 13.8 Å². The lowest BCUT2D eigenvalue weighted by Crippen LogP contribution is -1.66. The molecule has 1 aromatic carbocycles. The topological polar surface area (TPSA) is 69.9 Å². The van der Waals surface area contributed by atoms with Crippen molar-refractivity contribution >= 4 is 5.69 Å². The van der Waals surface area contributed by atoms with E-state index in [1.807, 2.05) is 13.8 Å². The lowest BCUT2D eigenvalue weighted by Gasteiger charge is -1.93. The quantitative estimate of drug-likeness (QED) is 0.634. The van der Waals surface area contributed by atoms with Crippen molar-refractivity contribution in [2.45, 2.75) is 13.8 Å². The minimum atomic E-state index is -0.172. The Labute approximate surface area is 70.5 Å². The van der Waals surface area contributed by atoms with E-state index in [1.54, 1.807) is 0 Å². The first-order valence-electron chi connectivity index (χ1n) is 3.59. The highest BCUT2D eigenvalue weighted by atomic mass is 16.3. The van der Waals surface area contributed by atoms with Gasteiger partial charge in [-0.05, 0) is 5.18 Å². The second-order valence-electron chi connectivity index (χ2n) is 1.80. The van der Waals surface area contributed by atoms with Crippen molar-refractivity contribution in [1.82, 2.24) is 0 Å². The van der Waals surface area contributed by atoms with E-state index in [-0.39, 0.29) is 17.2 Å². The highest BCUT2D eigenvalue weighted by Gasteiger charge is 1.96. The zero-order valence-corrected chi connectivity index (χ0v) is 6.98. The van der Waals surface area contributed by atoms with Gasteiger partial charge in [0.2, 0.25) is 0 Å². The molecule has 0 atom stereocenters. The third kappa shape index (κ3) is 3.01. The molecular weight excluding hydrogens is 158 g/mol. The summed E-state index contributed by atoms with van der Waals surface area (Å²) in [6, 6.07) is 3.44.